The maximum atomic E-state index is 13.6. The molecule has 124 valence electrons. The minimum atomic E-state index is -4.60. The molecule has 0 atom stereocenters. The van der Waals surface area contributed by atoms with Gasteiger partial charge in [0.25, 0.3) is 0 Å². The number of fused-ring (bicyclic) bond motifs is 1. The van der Waals surface area contributed by atoms with Crippen molar-refractivity contribution in [3.63, 3.8) is 0 Å². The maximum absolute atomic E-state index is 13.6. The van der Waals surface area contributed by atoms with E-state index in [4.69, 9.17) is 14.2 Å². The van der Waals surface area contributed by atoms with Gasteiger partial charge in [-0.25, -0.2) is 0 Å². The predicted molar refractivity (Wildman–Crippen MR) is 81.9 cm³/mol. The van der Waals surface area contributed by atoms with Crippen LogP contribution in [0.15, 0.2) is 36.9 Å². The third-order valence-corrected chi connectivity index (χ3v) is 3.39. The third-order valence-electron chi connectivity index (χ3n) is 3.39. The van der Waals surface area contributed by atoms with Gasteiger partial charge in [0, 0.05) is 16.3 Å². The SMILES string of the molecule is C=CCOCc1c(C(F)(F)F)c(OC)c2ccccc2c1OC. The lowest BCUT2D eigenvalue weighted by atomic mass is 9.97. The average Bonchev–Trinajstić information content (AvgIpc) is 2.52. The summed E-state index contributed by atoms with van der Waals surface area (Å²) in [6, 6.07) is 6.64. The number of ether oxygens (including phenoxy) is 3. The second-order valence-electron chi connectivity index (χ2n) is 4.77. The summed E-state index contributed by atoms with van der Waals surface area (Å²) in [4.78, 5) is 0. The van der Waals surface area contributed by atoms with Crippen LogP contribution in [0, 0.1) is 0 Å². The van der Waals surface area contributed by atoms with Gasteiger partial charge < -0.3 is 14.2 Å². The molecule has 0 aliphatic carbocycles. The molecule has 2 aromatic carbocycles. The van der Waals surface area contributed by atoms with Crippen LogP contribution in [0.4, 0.5) is 13.2 Å². The first kappa shape index (κ1) is 17.1. The van der Waals surface area contributed by atoms with Crippen LogP contribution in [0.1, 0.15) is 11.1 Å². The predicted octanol–water partition coefficient (Wildman–Crippen LogP) is 4.58. The molecule has 0 aliphatic rings. The normalized spacial score (nSPS) is 11.5. The van der Waals surface area contributed by atoms with Gasteiger partial charge in [0.05, 0.1) is 27.4 Å². The minimum absolute atomic E-state index is 0.0857. The van der Waals surface area contributed by atoms with Gasteiger partial charge in [-0.05, 0) is 0 Å². The molecule has 2 rings (SSSR count). The summed E-state index contributed by atoms with van der Waals surface area (Å²) in [7, 11) is 2.56. The topological polar surface area (TPSA) is 27.7 Å². The van der Waals surface area contributed by atoms with Gasteiger partial charge in [-0.15, -0.1) is 6.58 Å². The number of methoxy groups -OCH3 is 2. The summed E-state index contributed by atoms with van der Waals surface area (Å²) in [5.74, 6) is -0.0936. The van der Waals surface area contributed by atoms with Gasteiger partial charge in [0.2, 0.25) is 0 Å². The van der Waals surface area contributed by atoms with Crippen LogP contribution in [-0.2, 0) is 17.5 Å². The maximum Gasteiger partial charge on any atom is 0.420 e. The van der Waals surface area contributed by atoms with Crippen molar-refractivity contribution in [3.05, 3.63) is 48.0 Å². The number of rotatable bonds is 6. The minimum Gasteiger partial charge on any atom is -0.496 e. The summed E-state index contributed by atoms with van der Waals surface area (Å²) in [5.41, 5.74) is -0.961. The molecule has 0 heterocycles. The van der Waals surface area contributed by atoms with Crippen LogP contribution in [0.25, 0.3) is 10.8 Å². The lowest BCUT2D eigenvalue weighted by Gasteiger charge is -2.22. The molecule has 0 saturated heterocycles. The Morgan fingerprint density at radius 1 is 1.04 bits per heavy atom. The van der Waals surface area contributed by atoms with Crippen LogP contribution in [0.5, 0.6) is 11.5 Å². The Balaban J connectivity index is 2.83. The van der Waals surface area contributed by atoms with Crippen molar-refractivity contribution in [2.45, 2.75) is 12.8 Å². The van der Waals surface area contributed by atoms with Crippen molar-refractivity contribution in [1.29, 1.82) is 0 Å². The van der Waals surface area contributed by atoms with E-state index < -0.39 is 11.7 Å². The number of hydrogen-bond donors (Lipinski definition) is 0. The second kappa shape index (κ2) is 6.91. The second-order valence-corrected chi connectivity index (χ2v) is 4.77. The van der Waals surface area contributed by atoms with E-state index in [-0.39, 0.29) is 30.3 Å². The highest BCUT2D eigenvalue weighted by molar-refractivity contribution is 5.96. The first-order chi connectivity index (χ1) is 11.0. The van der Waals surface area contributed by atoms with E-state index in [1.54, 1.807) is 24.3 Å². The Hall–Kier alpha value is -2.21. The molecule has 6 heteroatoms. The van der Waals surface area contributed by atoms with Crippen molar-refractivity contribution in [2.24, 2.45) is 0 Å². The third kappa shape index (κ3) is 3.27. The van der Waals surface area contributed by atoms with Crippen LogP contribution < -0.4 is 9.47 Å². The van der Waals surface area contributed by atoms with E-state index in [1.165, 1.54) is 20.3 Å². The quantitative estimate of drug-likeness (QED) is 0.574. The van der Waals surface area contributed by atoms with E-state index in [1.807, 2.05) is 0 Å². The van der Waals surface area contributed by atoms with Crippen molar-refractivity contribution in [3.8, 4) is 11.5 Å². The van der Waals surface area contributed by atoms with Crippen LogP contribution in [0.3, 0.4) is 0 Å². The van der Waals surface area contributed by atoms with Gasteiger partial charge in [-0.3, -0.25) is 0 Å². The highest BCUT2D eigenvalue weighted by Crippen LogP contribution is 2.48. The highest BCUT2D eigenvalue weighted by atomic mass is 19.4. The van der Waals surface area contributed by atoms with Gasteiger partial charge in [0.15, 0.2) is 0 Å². The summed E-state index contributed by atoms with van der Waals surface area (Å²) in [6.07, 6.45) is -3.13. The molecule has 0 aliphatic heterocycles. The number of benzene rings is 2. The molecule has 3 nitrogen and oxygen atoms in total. The van der Waals surface area contributed by atoms with Crippen molar-refractivity contribution in [2.75, 3.05) is 20.8 Å². The van der Waals surface area contributed by atoms with E-state index in [9.17, 15) is 13.2 Å². The summed E-state index contributed by atoms with van der Waals surface area (Å²) < 4.78 is 56.5. The number of alkyl halides is 3. The standard InChI is InChI=1S/C17H17F3O3/c1-4-9-23-10-13-14(17(18,19)20)16(22-3)12-8-6-5-7-11(12)15(13)21-2/h4-8H,1,9-10H2,2-3H3. The Bertz CT molecular complexity index is 708. The van der Waals surface area contributed by atoms with Crippen molar-refractivity contribution >= 4 is 10.8 Å². The zero-order valence-corrected chi connectivity index (χ0v) is 12.9. The Labute approximate surface area is 132 Å². The van der Waals surface area contributed by atoms with E-state index in [0.717, 1.165) is 0 Å². The van der Waals surface area contributed by atoms with E-state index >= 15 is 0 Å². The lowest BCUT2D eigenvalue weighted by molar-refractivity contribution is -0.140. The van der Waals surface area contributed by atoms with Gasteiger partial charge >= 0.3 is 6.18 Å². The smallest absolute Gasteiger partial charge is 0.420 e. The molecule has 0 fully saturated rings. The summed E-state index contributed by atoms with van der Waals surface area (Å²) in [6.45, 7) is 3.36. The summed E-state index contributed by atoms with van der Waals surface area (Å²) in [5, 5.41) is 0.878. The Kier molecular flexibility index (Phi) is 5.15. The molecule has 0 aromatic heterocycles. The van der Waals surface area contributed by atoms with Gasteiger partial charge in [-0.2, -0.15) is 13.2 Å². The zero-order chi connectivity index (χ0) is 17.0. The van der Waals surface area contributed by atoms with Crippen LogP contribution in [-0.4, -0.2) is 20.8 Å². The molecular weight excluding hydrogens is 309 g/mol. The largest absolute Gasteiger partial charge is 0.496 e. The fourth-order valence-electron chi connectivity index (χ4n) is 2.55. The Morgan fingerprint density at radius 3 is 2.09 bits per heavy atom. The average molecular weight is 326 g/mol. The first-order valence-electron chi connectivity index (χ1n) is 6.87. The molecule has 0 saturated carbocycles. The monoisotopic (exact) mass is 326 g/mol. The van der Waals surface area contributed by atoms with Crippen molar-refractivity contribution in [1.82, 2.24) is 0 Å². The van der Waals surface area contributed by atoms with Crippen LogP contribution >= 0.6 is 0 Å². The van der Waals surface area contributed by atoms with E-state index in [0.29, 0.717) is 10.8 Å². The first-order valence-corrected chi connectivity index (χ1v) is 6.87. The molecule has 23 heavy (non-hydrogen) atoms. The molecule has 0 unspecified atom stereocenters. The molecule has 0 radical (unpaired) electrons. The fourth-order valence-corrected chi connectivity index (χ4v) is 2.55. The van der Waals surface area contributed by atoms with Crippen LogP contribution in [0.2, 0.25) is 0 Å². The molecular formula is C17H17F3O3. The Morgan fingerprint density at radius 2 is 1.61 bits per heavy atom. The fraction of sp³-hybridized carbons (Fsp3) is 0.294. The van der Waals surface area contributed by atoms with E-state index in [2.05, 4.69) is 6.58 Å². The van der Waals surface area contributed by atoms with Gasteiger partial charge in [-0.1, -0.05) is 30.3 Å². The molecule has 0 amide bonds. The molecule has 0 spiro atoms. The lowest BCUT2D eigenvalue weighted by Crippen LogP contribution is -2.14. The number of hydrogen-bond acceptors (Lipinski definition) is 3. The zero-order valence-electron chi connectivity index (χ0n) is 12.9. The molecule has 0 N–H and O–H groups in total. The summed E-state index contributed by atoms with van der Waals surface area (Å²) >= 11 is 0. The number of halogens is 3. The highest BCUT2D eigenvalue weighted by Gasteiger charge is 2.40. The van der Waals surface area contributed by atoms with Crippen molar-refractivity contribution < 1.29 is 27.4 Å². The molecule has 2 aromatic rings. The molecule has 0 bridgehead atoms. The van der Waals surface area contributed by atoms with Gasteiger partial charge in [0.1, 0.15) is 17.1 Å².